The van der Waals surface area contributed by atoms with Crippen LogP contribution in [0.2, 0.25) is 5.02 Å². The van der Waals surface area contributed by atoms with Crippen molar-refractivity contribution in [2.75, 3.05) is 0 Å². The molecule has 2 rings (SSSR count). The van der Waals surface area contributed by atoms with Gasteiger partial charge in [-0.2, -0.15) is 0 Å². The van der Waals surface area contributed by atoms with Gasteiger partial charge in [-0.25, -0.2) is 4.39 Å². The molecular formula is C14H10BrClFNO3. The van der Waals surface area contributed by atoms with Crippen LogP contribution < -0.4 is 4.74 Å². The van der Waals surface area contributed by atoms with Crippen LogP contribution in [0.25, 0.3) is 0 Å². The SMILES string of the molecule is O=[N+]([O-])c1cc(F)cc(COc2ccc(Cl)cc2CBr)c1. The van der Waals surface area contributed by atoms with E-state index in [1.165, 1.54) is 12.1 Å². The molecule has 0 saturated carbocycles. The van der Waals surface area contributed by atoms with Crippen molar-refractivity contribution in [1.82, 2.24) is 0 Å². The number of halogens is 3. The Morgan fingerprint density at radius 3 is 2.71 bits per heavy atom. The maximum absolute atomic E-state index is 13.3. The number of ether oxygens (including phenoxy) is 1. The molecule has 0 radical (unpaired) electrons. The zero-order chi connectivity index (χ0) is 15.4. The molecule has 0 N–H and O–H groups in total. The van der Waals surface area contributed by atoms with Crippen molar-refractivity contribution < 1.29 is 14.1 Å². The van der Waals surface area contributed by atoms with Gasteiger partial charge in [-0.1, -0.05) is 27.5 Å². The number of alkyl halides is 1. The zero-order valence-corrected chi connectivity index (χ0v) is 13.0. The molecule has 110 valence electrons. The third-order valence-corrected chi connectivity index (χ3v) is 3.55. The highest BCUT2D eigenvalue weighted by molar-refractivity contribution is 9.08. The predicted molar refractivity (Wildman–Crippen MR) is 81.5 cm³/mol. The molecule has 0 atom stereocenters. The van der Waals surface area contributed by atoms with Crippen molar-refractivity contribution in [1.29, 1.82) is 0 Å². The average Bonchev–Trinajstić information content (AvgIpc) is 2.45. The van der Waals surface area contributed by atoms with Crippen LogP contribution in [0.4, 0.5) is 10.1 Å². The van der Waals surface area contributed by atoms with Crippen molar-refractivity contribution in [2.45, 2.75) is 11.9 Å². The van der Waals surface area contributed by atoms with E-state index in [2.05, 4.69) is 15.9 Å². The van der Waals surface area contributed by atoms with Gasteiger partial charge in [-0.3, -0.25) is 10.1 Å². The minimum atomic E-state index is -0.667. The van der Waals surface area contributed by atoms with Crippen LogP contribution in [-0.2, 0) is 11.9 Å². The number of rotatable bonds is 5. The summed E-state index contributed by atoms with van der Waals surface area (Å²) in [6.45, 7) is 0.0280. The molecule has 0 fully saturated rings. The number of benzene rings is 2. The minimum absolute atomic E-state index is 0.0280. The molecule has 0 aliphatic heterocycles. The molecule has 2 aromatic carbocycles. The molecule has 0 aliphatic rings. The number of hydrogen-bond donors (Lipinski definition) is 0. The number of nitro groups is 1. The van der Waals surface area contributed by atoms with E-state index < -0.39 is 10.7 Å². The summed E-state index contributed by atoms with van der Waals surface area (Å²) in [6, 6.07) is 8.49. The molecule has 0 aliphatic carbocycles. The van der Waals surface area contributed by atoms with Gasteiger partial charge in [-0.15, -0.1) is 0 Å². The lowest BCUT2D eigenvalue weighted by Gasteiger charge is -2.10. The molecule has 0 spiro atoms. The average molecular weight is 375 g/mol. The van der Waals surface area contributed by atoms with Crippen LogP contribution >= 0.6 is 27.5 Å². The van der Waals surface area contributed by atoms with Gasteiger partial charge in [0, 0.05) is 22.0 Å². The summed E-state index contributed by atoms with van der Waals surface area (Å²) in [5, 5.41) is 11.8. The van der Waals surface area contributed by atoms with Crippen molar-refractivity contribution in [3.63, 3.8) is 0 Å². The van der Waals surface area contributed by atoms with Crippen LogP contribution in [0.1, 0.15) is 11.1 Å². The number of nitro benzene ring substituents is 1. The summed E-state index contributed by atoms with van der Waals surface area (Å²) in [4.78, 5) is 10.1. The Hall–Kier alpha value is -1.66. The van der Waals surface area contributed by atoms with Gasteiger partial charge in [0.2, 0.25) is 0 Å². The highest BCUT2D eigenvalue weighted by atomic mass is 79.9. The summed E-state index contributed by atoms with van der Waals surface area (Å²) < 4.78 is 18.9. The Bertz CT molecular complexity index is 681. The molecule has 21 heavy (non-hydrogen) atoms. The van der Waals surface area contributed by atoms with E-state index in [1.807, 2.05) is 0 Å². The molecule has 0 amide bonds. The lowest BCUT2D eigenvalue weighted by Crippen LogP contribution is -2.00. The molecule has 0 saturated heterocycles. The Balaban J connectivity index is 2.18. The number of hydrogen-bond acceptors (Lipinski definition) is 3. The fourth-order valence-corrected chi connectivity index (χ4v) is 2.41. The molecule has 0 unspecified atom stereocenters. The summed E-state index contributed by atoms with van der Waals surface area (Å²) >= 11 is 9.21. The summed E-state index contributed by atoms with van der Waals surface area (Å²) in [6.07, 6.45) is 0. The summed E-state index contributed by atoms with van der Waals surface area (Å²) in [7, 11) is 0. The molecule has 7 heteroatoms. The first-order chi connectivity index (χ1) is 9.99. The van der Waals surface area contributed by atoms with E-state index in [0.29, 0.717) is 21.7 Å². The molecule has 0 aromatic heterocycles. The lowest BCUT2D eigenvalue weighted by atomic mass is 10.2. The van der Waals surface area contributed by atoms with E-state index in [4.69, 9.17) is 16.3 Å². The van der Waals surface area contributed by atoms with Crippen molar-refractivity contribution in [3.8, 4) is 5.75 Å². The molecule has 0 bridgehead atoms. The third-order valence-electron chi connectivity index (χ3n) is 2.71. The van der Waals surface area contributed by atoms with Crippen molar-refractivity contribution in [2.24, 2.45) is 0 Å². The van der Waals surface area contributed by atoms with Crippen LogP contribution in [0.15, 0.2) is 36.4 Å². The smallest absolute Gasteiger partial charge is 0.272 e. The predicted octanol–water partition coefficient (Wildman–Crippen LogP) is 4.86. The van der Waals surface area contributed by atoms with Gasteiger partial charge in [0.05, 0.1) is 11.0 Å². The van der Waals surface area contributed by atoms with E-state index in [1.54, 1.807) is 18.2 Å². The number of nitrogens with zero attached hydrogens (tertiary/aromatic N) is 1. The topological polar surface area (TPSA) is 52.4 Å². The van der Waals surface area contributed by atoms with Crippen LogP contribution in [-0.4, -0.2) is 4.92 Å². The second-order valence-corrected chi connectivity index (χ2v) is 5.25. The summed E-state index contributed by atoms with van der Waals surface area (Å²) in [5.74, 6) is -0.0807. The normalized spacial score (nSPS) is 10.4. The van der Waals surface area contributed by atoms with Gasteiger partial charge in [0.25, 0.3) is 5.69 Å². The monoisotopic (exact) mass is 373 g/mol. The van der Waals surface area contributed by atoms with Crippen LogP contribution in [0.3, 0.4) is 0 Å². The standard InChI is InChI=1S/C14H10BrClFNO3/c15-7-10-5-11(16)1-2-14(10)21-8-9-3-12(17)6-13(4-9)18(19)20/h1-6H,7-8H2. The summed E-state index contributed by atoms with van der Waals surface area (Å²) in [5.41, 5.74) is 0.927. The highest BCUT2D eigenvalue weighted by Gasteiger charge is 2.11. The highest BCUT2D eigenvalue weighted by Crippen LogP contribution is 2.26. The second kappa shape index (κ2) is 6.87. The van der Waals surface area contributed by atoms with Gasteiger partial charge in [-0.05, 0) is 29.8 Å². The molecule has 4 nitrogen and oxygen atoms in total. The first-order valence-corrected chi connectivity index (χ1v) is 7.40. The quantitative estimate of drug-likeness (QED) is 0.426. The minimum Gasteiger partial charge on any atom is -0.489 e. The Morgan fingerprint density at radius 2 is 2.05 bits per heavy atom. The maximum Gasteiger partial charge on any atom is 0.272 e. The van der Waals surface area contributed by atoms with E-state index >= 15 is 0 Å². The van der Waals surface area contributed by atoms with Crippen molar-refractivity contribution in [3.05, 3.63) is 68.5 Å². The second-order valence-electron chi connectivity index (χ2n) is 4.25. The first-order valence-electron chi connectivity index (χ1n) is 5.90. The molecule has 0 heterocycles. The first kappa shape index (κ1) is 15.7. The van der Waals surface area contributed by atoms with Crippen LogP contribution in [0, 0.1) is 15.9 Å². The van der Waals surface area contributed by atoms with Gasteiger partial charge < -0.3 is 4.74 Å². The largest absolute Gasteiger partial charge is 0.489 e. The Morgan fingerprint density at radius 1 is 1.29 bits per heavy atom. The Labute approximate surface area is 133 Å². The van der Waals surface area contributed by atoms with Gasteiger partial charge in [0.1, 0.15) is 18.2 Å². The maximum atomic E-state index is 13.3. The fraction of sp³-hybridized carbons (Fsp3) is 0.143. The van der Waals surface area contributed by atoms with E-state index in [9.17, 15) is 14.5 Å². The Kier molecular flexibility index (Phi) is 5.14. The lowest BCUT2D eigenvalue weighted by molar-refractivity contribution is -0.385. The fourth-order valence-electron chi connectivity index (χ4n) is 1.78. The molecular weight excluding hydrogens is 365 g/mol. The van der Waals surface area contributed by atoms with E-state index in [0.717, 1.165) is 11.6 Å². The van der Waals surface area contributed by atoms with Gasteiger partial charge >= 0.3 is 0 Å². The molecule has 2 aromatic rings. The van der Waals surface area contributed by atoms with Gasteiger partial charge in [0.15, 0.2) is 0 Å². The number of non-ortho nitro benzene ring substituents is 1. The van der Waals surface area contributed by atoms with E-state index in [-0.39, 0.29) is 12.3 Å². The van der Waals surface area contributed by atoms with Crippen molar-refractivity contribution >= 4 is 33.2 Å². The zero-order valence-electron chi connectivity index (χ0n) is 10.7. The van der Waals surface area contributed by atoms with Crippen LogP contribution in [0.5, 0.6) is 5.75 Å². The third kappa shape index (κ3) is 4.15.